The van der Waals surface area contributed by atoms with E-state index in [-0.39, 0.29) is 17.8 Å². The Morgan fingerprint density at radius 1 is 1.22 bits per heavy atom. The molecule has 0 fully saturated rings. The molecule has 4 rings (SSSR count). The van der Waals surface area contributed by atoms with Crippen molar-refractivity contribution in [2.75, 3.05) is 17.2 Å². The van der Waals surface area contributed by atoms with Gasteiger partial charge >= 0.3 is 0 Å². The van der Waals surface area contributed by atoms with Gasteiger partial charge in [-0.1, -0.05) is 23.7 Å². The molecule has 27 heavy (non-hydrogen) atoms. The number of hydrogen-bond donors (Lipinski definition) is 2. The summed E-state index contributed by atoms with van der Waals surface area (Å²) in [5, 5.41) is 7.28. The van der Waals surface area contributed by atoms with Gasteiger partial charge in [0.05, 0.1) is 10.9 Å². The first-order valence-corrected chi connectivity index (χ1v) is 9.14. The van der Waals surface area contributed by atoms with Gasteiger partial charge in [0.25, 0.3) is 0 Å². The minimum absolute atomic E-state index is 0.00604. The standard InChI is InChI=1S/C20H19ClFN5/c1-11-8-23-20(17-10-25-19-16(17)7-14(21)9-24-19)27-18(11)26-12(2)13-3-5-15(22)6-4-13/h3-9,12,17H,10H2,1-2H3,(H,24,25)(H,23,26,27)/t12-,17?/m0/s1. The number of anilines is 2. The van der Waals surface area contributed by atoms with Crippen LogP contribution in [0.4, 0.5) is 16.0 Å². The Bertz CT molecular complexity index is 977. The maximum atomic E-state index is 13.2. The van der Waals surface area contributed by atoms with Gasteiger partial charge in [-0.15, -0.1) is 0 Å². The summed E-state index contributed by atoms with van der Waals surface area (Å²) >= 11 is 6.11. The molecule has 2 aromatic heterocycles. The summed E-state index contributed by atoms with van der Waals surface area (Å²) < 4.78 is 13.2. The van der Waals surface area contributed by atoms with Crippen LogP contribution in [0.3, 0.4) is 0 Å². The predicted molar refractivity (Wildman–Crippen MR) is 105 cm³/mol. The third-order valence-electron chi connectivity index (χ3n) is 4.76. The summed E-state index contributed by atoms with van der Waals surface area (Å²) in [6.45, 7) is 4.66. The molecule has 5 nitrogen and oxygen atoms in total. The van der Waals surface area contributed by atoms with Crippen molar-refractivity contribution in [3.8, 4) is 0 Å². The molecule has 0 aliphatic carbocycles. The zero-order chi connectivity index (χ0) is 19.0. The van der Waals surface area contributed by atoms with E-state index in [0.717, 1.165) is 28.3 Å². The Morgan fingerprint density at radius 2 is 2.00 bits per heavy atom. The van der Waals surface area contributed by atoms with Gasteiger partial charge in [0.1, 0.15) is 23.3 Å². The maximum absolute atomic E-state index is 13.2. The zero-order valence-corrected chi connectivity index (χ0v) is 15.8. The first kappa shape index (κ1) is 17.7. The molecule has 138 valence electrons. The van der Waals surface area contributed by atoms with E-state index in [0.29, 0.717) is 17.4 Å². The molecular formula is C20H19ClFN5. The highest BCUT2D eigenvalue weighted by molar-refractivity contribution is 6.30. The third-order valence-corrected chi connectivity index (χ3v) is 4.96. The monoisotopic (exact) mass is 383 g/mol. The molecule has 2 N–H and O–H groups in total. The average Bonchev–Trinajstić information content (AvgIpc) is 3.07. The Balaban J connectivity index is 1.61. The van der Waals surface area contributed by atoms with Crippen LogP contribution in [0.25, 0.3) is 0 Å². The SMILES string of the molecule is Cc1cnc(C2CNc3ncc(Cl)cc32)nc1N[C@@H](C)c1ccc(F)cc1. The van der Waals surface area contributed by atoms with Gasteiger partial charge in [0.2, 0.25) is 0 Å². The van der Waals surface area contributed by atoms with Gasteiger partial charge < -0.3 is 10.6 Å². The van der Waals surface area contributed by atoms with E-state index in [1.54, 1.807) is 18.3 Å². The number of hydrogen-bond acceptors (Lipinski definition) is 5. The molecule has 2 atom stereocenters. The number of benzene rings is 1. The Hall–Kier alpha value is -2.73. The lowest BCUT2D eigenvalue weighted by Gasteiger charge is -2.18. The van der Waals surface area contributed by atoms with E-state index in [1.807, 2.05) is 26.1 Å². The van der Waals surface area contributed by atoms with Crippen molar-refractivity contribution in [3.63, 3.8) is 0 Å². The second kappa shape index (κ2) is 7.12. The number of nitrogens with zero attached hydrogens (tertiary/aromatic N) is 3. The quantitative estimate of drug-likeness (QED) is 0.683. The minimum Gasteiger partial charge on any atom is -0.369 e. The van der Waals surface area contributed by atoms with Gasteiger partial charge in [0, 0.05) is 36.1 Å². The van der Waals surface area contributed by atoms with Gasteiger partial charge in [-0.05, 0) is 37.6 Å². The lowest BCUT2D eigenvalue weighted by molar-refractivity contribution is 0.626. The summed E-state index contributed by atoms with van der Waals surface area (Å²) in [4.78, 5) is 13.6. The lowest BCUT2D eigenvalue weighted by Crippen LogP contribution is -2.14. The molecular weight excluding hydrogens is 365 g/mol. The summed E-state index contributed by atoms with van der Waals surface area (Å²) in [6, 6.07) is 8.36. The highest BCUT2D eigenvalue weighted by Crippen LogP contribution is 2.35. The molecule has 0 spiro atoms. The molecule has 0 radical (unpaired) electrons. The van der Waals surface area contributed by atoms with E-state index >= 15 is 0 Å². The molecule has 3 heterocycles. The summed E-state index contributed by atoms with van der Waals surface area (Å²) in [7, 11) is 0. The summed E-state index contributed by atoms with van der Waals surface area (Å²) in [6.07, 6.45) is 3.45. The normalized spacial score (nSPS) is 16.5. The van der Waals surface area contributed by atoms with Gasteiger partial charge in [-0.3, -0.25) is 0 Å². The highest BCUT2D eigenvalue weighted by Gasteiger charge is 2.28. The van der Waals surface area contributed by atoms with E-state index in [1.165, 1.54) is 12.1 Å². The van der Waals surface area contributed by atoms with E-state index in [2.05, 4.69) is 20.6 Å². The largest absolute Gasteiger partial charge is 0.369 e. The second-order valence-electron chi connectivity index (χ2n) is 6.70. The number of rotatable bonds is 4. The van der Waals surface area contributed by atoms with Crippen LogP contribution in [0.5, 0.6) is 0 Å². The molecule has 1 aliphatic rings. The number of nitrogens with one attached hydrogen (secondary N) is 2. The number of aromatic nitrogens is 3. The highest BCUT2D eigenvalue weighted by atomic mass is 35.5. The average molecular weight is 384 g/mol. The first-order valence-electron chi connectivity index (χ1n) is 8.76. The van der Waals surface area contributed by atoms with Crippen molar-refractivity contribution in [2.45, 2.75) is 25.8 Å². The molecule has 7 heteroatoms. The number of aryl methyl sites for hydroxylation is 1. The Morgan fingerprint density at radius 3 is 2.78 bits per heavy atom. The lowest BCUT2D eigenvalue weighted by atomic mass is 10.0. The van der Waals surface area contributed by atoms with Crippen LogP contribution < -0.4 is 10.6 Å². The maximum Gasteiger partial charge on any atom is 0.140 e. The molecule has 0 bridgehead atoms. The number of fused-ring (bicyclic) bond motifs is 1. The van der Waals surface area contributed by atoms with Crippen LogP contribution in [0.2, 0.25) is 5.02 Å². The van der Waals surface area contributed by atoms with Crippen LogP contribution in [-0.4, -0.2) is 21.5 Å². The minimum atomic E-state index is -0.244. The number of halogens is 2. The van der Waals surface area contributed by atoms with Crippen molar-refractivity contribution in [1.82, 2.24) is 15.0 Å². The fourth-order valence-electron chi connectivity index (χ4n) is 3.22. The van der Waals surface area contributed by atoms with Crippen molar-refractivity contribution in [3.05, 3.63) is 76.1 Å². The fourth-order valence-corrected chi connectivity index (χ4v) is 3.38. The third kappa shape index (κ3) is 3.57. The summed E-state index contributed by atoms with van der Waals surface area (Å²) in [5.74, 6) is 2.05. The predicted octanol–water partition coefficient (Wildman–Crippen LogP) is 4.70. The van der Waals surface area contributed by atoms with Gasteiger partial charge in [0.15, 0.2) is 0 Å². The fraction of sp³-hybridized carbons (Fsp3) is 0.250. The molecule has 1 aliphatic heterocycles. The second-order valence-corrected chi connectivity index (χ2v) is 7.14. The molecule has 0 saturated heterocycles. The van der Waals surface area contributed by atoms with Crippen LogP contribution in [0.15, 0.2) is 42.7 Å². The van der Waals surface area contributed by atoms with E-state index < -0.39 is 0 Å². The van der Waals surface area contributed by atoms with E-state index in [4.69, 9.17) is 16.6 Å². The van der Waals surface area contributed by atoms with Crippen molar-refractivity contribution in [1.29, 1.82) is 0 Å². The van der Waals surface area contributed by atoms with Crippen molar-refractivity contribution >= 4 is 23.2 Å². The Labute approximate surface area is 162 Å². The topological polar surface area (TPSA) is 62.7 Å². The zero-order valence-electron chi connectivity index (χ0n) is 15.0. The van der Waals surface area contributed by atoms with Crippen LogP contribution in [0, 0.1) is 12.7 Å². The summed E-state index contributed by atoms with van der Waals surface area (Å²) in [5.41, 5.74) is 2.94. The number of pyridine rings is 1. The molecule has 0 amide bonds. The van der Waals surface area contributed by atoms with Gasteiger partial charge in [-0.2, -0.15) is 0 Å². The first-order chi connectivity index (χ1) is 13.0. The smallest absolute Gasteiger partial charge is 0.140 e. The van der Waals surface area contributed by atoms with Crippen LogP contribution >= 0.6 is 11.6 Å². The van der Waals surface area contributed by atoms with Crippen molar-refractivity contribution in [2.24, 2.45) is 0 Å². The van der Waals surface area contributed by atoms with E-state index in [9.17, 15) is 4.39 Å². The van der Waals surface area contributed by atoms with Crippen molar-refractivity contribution < 1.29 is 4.39 Å². The van der Waals surface area contributed by atoms with Crippen LogP contribution in [-0.2, 0) is 0 Å². The Kier molecular flexibility index (Phi) is 4.66. The molecule has 3 aromatic rings. The van der Waals surface area contributed by atoms with Gasteiger partial charge in [-0.25, -0.2) is 19.3 Å². The molecule has 1 unspecified atom stereocenters. The molecule has 0 saturated carbocycles. The van der Waals surface area contributed by atoms with Crippen LogP contribution in [0.1, 0.15) is 41.4 Å². The molecule has 1 aromatic carbocycles.